The van der Waals surface area contributed by atoms with Crippen molar-refractivity contribution in [2.45, 2.75) is 51.8 Å². The van der Waals surface area contributed by atoms with Crippen molar-refractivity contribution in [3.63, 3.8) is 0 Å². The van der Waals surface area contributed by atoms with Crippen molar-refractivity contribution in [3.05, 3.63) is 39.9 Å². The highest BCUT2D eigenvalue weighted by molar-refractivity contribution is 6.20. The summed E-state index contributed by atoms with van der Waals surface area (Å²) in [7, 11) is 0. The van der Waals surface area contributed by atoms with E-state index in [4.69, 9.17) is 11.6 Å². The predicted octanol–water partition coefficient (Wildman–Crippen LogP) is 5.21. The van der Waals surface area contributed by atoms with Crippen LogP contribution < -0.4 is 0 Å². The number of nitrogens with zero attached hydrogens (tertiary/aromatic N) is 1. The number of halogens is 1. The SMILES string of the molecule is CC(C)(C)C1CCC(Cl)C(Cc2ccccc2[N+](=O)[O-])C1. The van der Waals surface area contributed by atoms with Gasteiger partial charge in [-0.1, -0.05) is 39.0 Å². The first-order valence-electron chi connectivity index (χ1n) is 7.65. The number of rotatable bonds is 3. The fourth-order valence-electron chi connectivity index (χ4n) is 3.37. The third kappa shape index (κ3) is 3.97. The van der Waals surface area contributed by atoms with Gasteiger partial charge in [-0.15, -0.1) is 11.6 Å². The number of hydrogen-bond acceptors (Lipinski definition) is 2. The molecule has 1 aromatic rings. The van der Waals surface area contributed by atoms with E-state index in [1.165, 1.54) is 0 Å². The molecule has 21 heavy (non-hydrogen) atoms. The first-order valence-corrected chi connectivity index (χ1v) is 8.09. The molecule has 1 fully saturated rings. The van der Waals surface area contributed by atoms with Crippen LogP contribution in [-0.4, -0.2) is 10.3 Å². The van der Waals surface area contributed by atoms with Crippen LogP contribution in [0.25, 0.3) is 0 Å². The third-order valence-electron chi connectivity index (χ3n) is 4.78. The molecular formula is C17H24ClNO2. The minimum Gasteiger partial charge on any atom is -0.258 e. The highest BCUT2D eigenvalue weighted by Gasteiger charge is 2.35. The van der Waals surface area contributed by atoms with Gasteiger partial charge in [0, 0.05) is 17.0 Å². The van der Waals surface area contributed by atoms with Crippen LogP contribution in [0, 0.1) is 27.4 Å². The fourth-order valence-corrected chi connectivity index (χ4v) is 3.69. The summed E-state index contributed by atoms with van der Waals surface area (Å²) >= 11 is 6.51. The molecule has 1 aliphatic rings. The molecule has 0 bridgehead atoms. The highest BCUT2D eigenvalue weighted by Crippen LogP contribution is 2.43. The molecule has 0 saturated heterocycles. The van der Waals surface area contributed by atoms with Gasteiger partial charge in [-0.3, -0.25) is 10.1 Å². The smallest absolute Gasteiger partial charge is 0.258 e. The second-order valence-corrected chi connectivity index (χ2v) is 7.80. The van der Waals surface area contributed by atoms with Crippen LogP contribution in [0.15, 0.2) is 24.3 Å². The molecule has 0 spiro atoms. The second-order valence-electron chi connectivity index (χ2n) is 7.24. The van der Waals surface area contributed by atoms with Crippen LogP contribution in [0.4, 0.5) is 5.69 Å². The Morgan fingerprint density at radius 1 is 1.29 bits per heavy atom. The maximum atomic E-state index is 11.1. The van der Waals surface area contributed by atoms with Crippen LogP contribution in [0.1, 0.15) is 45.6 Å². The van der Waals surface area contributed by atoms with Gasteiger partial charge in [0.15, 0.2) is 0 Å². The summed E-state index contributed by atoms with van der Waals surface area (Å²) in [6.07, 6.45) is 3.93. The molecule has 3 unspecified atom stereocenters. The molecule has 3 atom stereocenters. The molecule has 0 aliphatic heterocycles. The van der Waals surface area contributed by atoms with Gasteiger partial charge in [0.1, 0.15) is 0 Å². The molecule has 0 amide bonds. The van der Waals surface area contributed by atoms with Gasteiger partial charge in [-0.25, -0.2) is 0 Å². The number of benzene rings is 1. The first-order chi connectivity index (χ1) is 9.79. The van der Waals surface area contributed by atoms with Gasteiger partial charge in [0.05, 0.1) is 4.92 Å². The number of nitro benzene ring substituents is 1. The number of hydrogen-bond donors (Lipinski definition) is 0. The quantitative estimate of drug-likeness (QED) is 0.437. The first kappa shape index (κ1) is 16.3. The molecule has 1 saturated carbocycles. The molecule has 2 rings (SSSR count). The topological polar surface area (TPSA) is 43.1 Å². The van der Waals surface area contributed by atoms with Crippen LogP contribution >= 0.6 is 11.6 Å². The maximum absolute atomic E-state index is 11.1. The average molecular weight is 310 g/mol. The van der Waals surface area contributed by atoms with Crippen LogP contribution in [0.2, 0.25) is 0 Å². The summed E-state index contributed by atoms with van der Waals surface area (Å²) in [6.45, 7) is 6.82. The predicted molar refractivity (Wildman–Crippen MR) is 86.7 cm³/mol. The summed E-state index contributed by atoms with van der Waals surface area (Å²) in [4.78, 5) is 10.9. The Bertz CT molecular complexity index is 510. The van der Waals surface area contributed by atoms with Crippen LogP contribution in [0.3, 0.4) is 0 Å². The van der Waals surface area contributed by atoms with E-state index < -0.39 is 0 Å². The molecule has 0 radical (unpaired) electrons. The molecule has 3 nitrogen and oxygen atoms in total. The van der Waals surface area contributed by atoms with E-state index in [9.17, 15) is 10.1 Å². The summed E-state index contributed by atoms with van der Waals surface area (Å²) in [5.41, 5.74) is 1.31. The van der Waals surface area contributed by atoms with Gasteiger partial charge < -0.3 is 0 Å². The Balaban J connectivity index is 2.16. The zero-order valence-corrected chi connectivity index (χ0v) is 13.8. The Kier molecular flexibility index (Phi) is 4.92. The van der Waals surface area contributed by atoms with E-state index in [0.717, 1.165) is 24.8 Å². The highest BCUT2D eigenvalue weighted by atomic mass is 35.5. The lowest BCUT2D eigenvalue weighted by atomic mass is 9.68. The van der Waals surface area contributed by atoms with Crippen LogP contribution in [-0.2, 0) is 6.42 Å². The summed E-state index contributed by atoms with van der Waals surface area (Å²) in [5.74, 6) is 0.964. The molecule has 1 aromatic carbocycles. The Morgan fingerprint density at radius 2 is 1.95 bits per heavy atom. The van der Waals surface area contributed by atoms with Gasteiger partial charge in [-0.2, -0.15) is 0 Å². The lowest BCUT2D eigenvalue weighted by molar-refractivity contribution is -0.385. The molecule has 1 aliphatic carbocycles. The minimum absolute atomic E-state index is 0.128. The van der Waals surface area contributed by atoms with E-state index in [-0.39, 0.29) is 21.4 Å². The lowest BCUT2D eigenvalue weighted by Gasteiger charge is -2.40. The van der Waals surface area contributed by atoms with Crippen molar-refractivity contribution in [3.8, 4) is 0 Å². The van der Waals surface area contributed by atoms with E-state index in [0.29, 0.717) is 18.3 Å². The lowest BCUT2D eigenvalue weighted by Crippen LogP contribution is -2.33. The molecule has 0 aromatic heterocycles. The average Bonchev–Trinajstić information content (AvgIpc) is 2.40. The van der Waals surface area contributed by atoms with Crippen molar-refractivity contribution in [1.82, 2.24) is 0 Å². The molecule has 0 heterocycles. The molecule has 0 N–H and O–H groups in total. The monoisotopic (exact) mass is 309 g/mol. The van der Waals surface area contributed by atoms with Gasteiger partial charge in [0.2, 0.25) is 0 Å². The largest absolute Gasteiger partial charge is 0.272 e. The van der Waals surface area contributed by atoms with Crippen molar-refractivity contribution in [2.75, 3.05) is 0 Å². The Hall–Kier alpha value is -1.09. The maximum Gasteiger partial charge on any atom is 0.272 e. The summed E-state index contributed by atoms with van der Waals surface area (Å²) in [6, 6.07) is 7.04. The third-order valence-corrected chi connectivity index (χ3v) is 5.36. The van der Waals surface area contributed by atoms with Gasteiger partial charge >= 0.3 is 0 Å². The summed E-state index contributed by atoms with van der Waals surface area (Å²) < 4.78 is 0. The van der Waals surface area contributed by atoms with Crippen molar-refractivity contribution < 1.29 is 4.92 Å². The Labute approximate surface area is 131 Å². The molecule has 116 valence electrons. The second kappa shape index (κ2) is 6.35. The van der Waals surface area contributed by atoms with Gasteiger partial charge in [0.25, 0.3) is 5.69 Å². The zero-order chi connectivity index (χ0) is 15.6. The summed E-state index contributed by atoms with van der Waals surface area (Å²) in [5, 5.41) is 11.3. The number of nitro groups is 1. The Morgan fingerprint density at radius 3 is 2.57 bits per heavy atom. The van der Waals surface area contributed by atoms with Crippen LogP contribution in [0.5, 0.6) is 0 Å². The number of para-hydroxylation sites is 1. The van der Waals surface area contributed by atoms with E-state index in [2.05, 4.69) is 20.8 Å². The van der Waals surface area contributed by atoms with E-state index in [1.54, 1.807) is 12.1 Å². The normalized spacial score (nSPS) is 26.6. The van der Waals surface area contributed by atoms with Crippen molar-refractivity contribution in [1.29, 1.82) is 0 Å². The zero-order valence-electron chi connectivity index (χ0n) is 13.0. The van der Waals surface area contributed by atoms with Gasteiger partial charge in [-0.05, 0) is 42.9 Å². The number of alkyl halides is 1. The van der Waals surface area contributed by atoms with E-state index >= 15 is 0 Å². The molecular weight excluding hydrogens is 286 g/mol. The van der Waals surface area contributed by atoms with Crippen molar-refractivity contribution >= 4 is 17.3 Å². The fraction of sp³-hybridized carbons (Fsp3) is 0.647. The van der Waals surface area contributed by atoms with E-state index in [1.807, 2.05) is 12.1 Å². The molecule has 4 heteroatoms. The van der Waals surface area contributed by atoms with Crippen molar-refractivity contribution in [2.24, 2.45) is 17.3 Å². The minimum atomic E-state index is -0.289. The standard InChI is InChI=1S/C17H24ClNO2/c1-17(2,3)14-8-9-15(18)13(11-14)10-12-6-4-5-7-16(12)19(20)21/h4-7,13-15H,8-11H2,1-3H3.